The van der Waals surface area contributed by atoms with Crippen molar-refractivity contribution in [2.24, 2.45) is 0 Å². The largest absolute Gasteiger partial charge is 0.494 e. The molecular weight excluding hydrogens is 390 g/mol. The number of nitrogens with one attached hydrogen (secondary N) is 2. The summed E-state index contributed by atoms with van der Waals surface area (Å²) >= 11 is 1.73. The number of benzene rings is 1. The first-order valence-electron chi connectivity index (χ1n) is 9.71. The molecule has 29 heavy (non-hydrogen) atoms. The highest BCUT2D eigenvalue weighted by Gasteiger charge is 2.17. The number of thioether (sulfide) groups is 1. The molecule has 9 heteroatoms. The summed E-state index contributed by atoms with van der Waals surface area (Å²) in [6, 6.07) is 7.40. The van der Waals surface area contributed by atoms with Gasteiger partial charge >= 0.3 is 0 Å². The topological polar surface area (TPSA) is 106 Å². The first-order chi connectivity index (χ1) is 14.2. The third-order valence-electron chi connectivity index (χ3n) is 4.17. The maximum absolute atomic E-state index is 12.7. The number of tetrazole rings is 1. The van der Waals surface area contributed by atoms with Crippen molar-refractivity contribution in [1.29, 1.82) is 0 Å². The van der Waals surface area contributed by atoms with E-state index in [1.165, 1.54) is 0 Å². The molecule has 0 bridgehead atoms. The number of aromatic nitrogens is 5. The Hall–Kier alpha value is -2.81. The van der Waals surface area contributed by atoms with Crippen molar-refractivity contribution in [3.63, 3.8) is 0 Å². The van der Waals surface area contributed by atoms with E-state index in [-0.39, 0.29) is 11.4 Å². The van der Waals surface area contributed by atoms with Gasteiger partial charge in [0.1, 0.15) is 11.5 Å². The predicted octanol–water partition coefficient (Wildman–Crippen LogP) is 3.91. The summed E-state index contributed by atoms with van der Waals surface area (Å²) < 4.78 is 11.6. The summed E-state index contributed by atoms with van der Waals surface area (Å²) in [4.78, 5) is 16.6. The van der Waals surface area contributed by atoms with Crippen LogP contribution in [0.15, 0.2) is 34.0 Å². The zero-order valence-corrected chi connectivity index (χ0v) is 17.6. The first kappa shape index (κ1) is 20.9. The minimum atomic E-state index is -0.284. The second kappa shape index (κ2) is 10.1. The van der Waals surface area contributed by atoms with Gasteiger partial charge in [0.2, 0.25) is 5.82 Å². The minimum Gasteiger partial charge on any atom is -0.494 e. The second-order valence-corrected chi connectivity index (χ2v) is 7.32. The van der Waals surface area contributed by atoms with Gasteiger partial charge in [0.25, 0.3) is 5.56 Å². The van der Waals surface area contributed by atoms with Crippen molar-refractivity contribution in [1.82, 2.24) is 25.6 Å². The number of rotatable bonds is 10. The highest BCUT2D eigenvalue weighted by atomic mass is 32.2. The Labute approximate surface area is 173 Å². The van der Waals surface area contributed by atoms with E-state index in [1.54, 1.807) is 17.8 Å². The normalized spacial score (nSPS) is 10.9. The van der Waals surface area contributed by atoms with Gasteiger partial charge in [-0.3, -0.25) is 4.79 Å². The molecule has 0 saturated carbocycles. The van der Waals surface area contributed by atoms with Crippen molar-refractivity contribution in [2.75, 3.05) is 19.0 Å². The molecule has 0 radical (unpaired) electrons. The highest BCUT2D eigenvalue weighted by molar-refractivity contribution is 7.99. The van der Waals surface area contributed by atoms with Gasteiger partial charge in [0, 0.05) is 17.3 Å². The first-order valence-corrected chi connectivity index (χ1v) is 10.7. The van der Waals surface area contributed by atoms with Gasteiger partial charge in [-0.2, -0.15) is 5.21 Å². The standard InChI is InChI=1S/C20H25N5O3S/c1-4-7-10-29-18-15(11-13(27-5-2)12-17(18)28-6-3)16-9-8-14(20(26)21-16)19-22-24-25-23-19/h8-9,11-12H,4-7,10H2,1-3H3,(H,21,26)(H,22,23,24,25). The van der Waals surface area contributed by atoms with Gasteiger partial charge in [-0.1, -0.05) is 13.3 Å². The molecule has 0 atom stereocenters. The fourth-order valence-electron chi connectivity index (χ4n) is 2.84. The lowest BCUT2D eigenvalue weighted by Crippen LogP contribution is -2.11. The average molecular weight is 416 g/mol. The Balaban J connectivity index is 2.09. The Morgan fingerprint density at radius 1 is 1.07 bits per heavy atom. The molecule has 0 aliphatic rings. The molecule has 1 aromatic carbocycles. The summed E-state index contributed by atoms with van der Waals surface area (Å²) in [6.45, 7) is 7.14. The number of unbranched alkanes of at least 4 members (excludes halogenated alkanes) is 1. The number of nitrogens with zero attached hydrogens (tertiary/aromatic N) is 3. The molecule has 154 valence electrons. The van der Waals surface area contributed by atoms with Crippen molar-refractivity contribution >= 4 is 11.8 Å². The van der Waals surface area contributed by atoms with Crippen LogP contribution in [0.25, 0.3) is 22.6 Å². The van der Waals surface area contributed by atoms with E-state index in [2.05, 4.69) is 32.5 Å². The molecule has 8 nitrogen and oxygen atoms in total. The van der Waals surface area contributed by atoms with Crippen LogP contribution in [-0.2, 0) is 0 Å². The Bertz CT molecular complexity index is 988. The van der Waals surface area contributed by atoms with Crippen LogP contribution in [-0.4, -0.2) is 44.6 Å². The predicted molar refractivity (Wildman–Crippen MR) is 114 cm³/mol. The van der Waals surface area contributed by atoms with E-state index in [0.717, 1.165) is 34.8 Å². The molecule has 3 rings (SSSR count). The molecule has 0 amide bonds. The second-order valence-electron chi connectivity index (χ2n) is 6.22. The van der Waals surface area contributed by atoms with Gasteiger partial charge in [-0.25, -0.2) is 0 Å². The lowest BCUT2D eigenvalue weighted by molar-refractivity contribution is 0.318. The van der Waals surface area contributed by atoms with E-state index in [4.69, 9.17) is 9.47 Å². The van der Waals surface area contributed by atoms with Crippen LogP contribution in [0.1, 0.15) is 33.6 Å². The fourth-order valence-corrected chi connectivity index (χ4v) is 4.06. The lowest BCUT2D eigenvalue weighted by atomic mass is 10.1. The van der Waals surface area contributed by atoms with E-state index in [1.807, 2.05) is 32.0 Å². The van der Waals surface area contributed by atoms with Crippen LogP contribution in [0.5, 0.6) is 11.5 Å². The van der Waals surface area contributed by atoms with Crippen LogP contribution < -0.4 is 15.0 Å². The fraction of sp³-hybridized carbons (Fsp3) is 0.400. The molecule has 0 fully saturated rings. The zero-order valence-electron chi connectivity index (χ0n) is 16.8. The van der Waals surface area contributed by atoms with Crippen molar-refractivity contribution in [3.8, 4) is 34.1 Å². The third kappa shape index (κ3) is 4.97. The molecule has 2 aromatic heterocycles. The highest BCUT2D eigenvalue weighted by Crippen LogP contribution is 2.41. The molecule has 0 spiro atoms. The Kier molecular flexibility index (Phi) is 7.29. The number of ether oxygens (including phenoxy) is 2. The Morgan fingerprint density at radius 2 is 1.90 bits per heavy atom. The number of hydrogen-bond acceptors (Lipinski definition) is 7. The van der Waals surface area contributed by atoms with Crippen LogP contribution in [0.2, 0.25) is 0 Å². The molecule has 3 aromatic rings. The maximum atomic E-state index is 12.7. The molecule has 0 aliphatic heterocycles. The molecule has 0 aliphatic carbocycles. The van der Waals surface area contributed by atoms with Gasteiger partial charge in [-0.15, -0.1) is 22.0 Å². The monoisotopic (exact) mass is 415 g/mol. The van der Waals surface area contributed by atoms with E-state index >= 15 is 0 Å². The molecule has 0 saturated heterocycles. The van der Waals surface area contributed by atoms with Crippen LogP contribution in [0.4, 0.5) is 0 Å². The van der Waals surface area contributed by atoms with E-state index < -0.39 is 0 Å². The molecule has 2 heterocycles. The van der Waals surface area contributed by atoms with Gasteiger partial charge in [0.05, 0.1) is 23.7 Å². The Morgan fingerprint density at radius 3 is 2.55 bits per heavy atom. The minimum absolute atomic E-state index is 0.258. The van der Waals surface area contributed by atoms with Crippen LogP contribution >= 0.6 is 11.8 Å². The average Bonchev–Trinajstić information content (AvgIpc) is 3.24. The van der Waals surface area contributed by atoms with E-state index in [9.17, 15) is 4.79 Å². The van der Waals surface area contributed by atoms with Gasteiger partial charge in [0.15, 0.2) is 0 Å². The van der Waals surface area contributed by atoms with Gasteiger partial charge in [-0.05, 0) is 49.4 Å². The quantitative estimate of drug-likeness (QED) is 0.382. The molecular formula is C20H25N5O3S. The summed E-state index contributed by atoms with van der Waals surface area (Å²) in [5.74, 6) is 2.68. The summed E-state index contributed by atoms with van der Waals surface area (Å²) in [6.07, 6.45) is 2.20. The van der Waals surface area contributed by atoms with E-state index in [0.29, 0.717) is 30.2 Å². The zero-order chi connectivity index (χ0) is 20.6. The number of H-pyrrole nitrogens is 2. The number of pyridine rings is 1. The van der Waals surface area contributed by atoms with Crippen molar-refractivity contribution < 1.29 is 9.47 Å². The molecule has 0 unspecified atom stereocenters. The maximum Gasteiger partial charge on any atom is 0.259 e. The number of aromatic amines is 2. The molecule has 2 N–H and O–H groups in total. The smallest absolute Gasteiger partial charge is 0.259 e. The van der Waals surface area contributed by atoms with Crippen molar-refractivity contribution in [2.45, 2.75) is 38.5 Å². The SMILES string of the molecule is CCCCSc1c(OCC)cc(OCC)cc1-c1ccc(-c2nn[nH]n2)c(=O)[nH]1. The third-order valence-corrected chi connectivity index (χ3v) is 5.37. The van der Waals surface area contributed by atoms with Crippen molar-refractivity contribution in [3.05, 3.63) is 34.6 Å². The van der Waals surface area contributed by atoms with Crippen LogP contribution in [0.3, 0.4) is 0 Å². The summed E-state index contributed by atoms with van der Waals surface area (Å²) in [5.41, 5.74) is 1.63. The lowest BCUT2D eigenvalue weighted by Gasteiger charge is -2.17. The van der Waals surface area contributed by atoms with Crippen LogP contribution in [0, 0.1) is 0 Å². The summed E-state index contributed by atoms with van der Waals surface area (Å²) in [7, 11) is 0. The number of hydrogen-bond donors (Lipinski definition) is 2. The summed E-state index contributed by atoms with van der Waals surface area (Å²) in [5, 5.41) is 13.6. The van der Waals surface area contributed by atoms with Gasteiger partial charge < -0.3 is 14.5 Å².